The van der Waals surface area contributed by atoms with Crippen molar-refractivity contribution < 1.29 is 14.6 Å². The quantitative estimate of drug-likeness (QED) is 0.756. The van der Waals surface area contributed by atoms with Crippen molar-refractivity contribution in [1.29, 1.82) is 0 Å². The lowest BCUT2D eigenvalue weighted by Gasteiger charge is -2.23. The van der Waals surface area contributed by atoms with E-state index < -0.39 is 11.5 Å². The lowest BCUT2D eigenvalue weighted by molar-refractivity contribution is -0.143. The summed E-state index contributed by atoms with van der Waals surface area (Å²) in [7, 11) is 0. The first-order chi connectivity index (χ1) is 9.69. The topological polar surface area (TPSA) is 72.5 Å². The molecule has 0 aliphatic carbocycles. The van der Waals surface area contributed by atoms with Crippen molar-refractivity contribution in [3.63, 3.8) is 0 Å². The Morgan fingerprint density at radius 1 is 1.33 bits per heavy atom. The third-order valence-corrected chi connectivity index (χ3v) is 3.79. The second-order valence-corrected chi connectivity index (χ2v) is 6.54. The first kappa shape index (κ1) is 17.5. The van der Waals surface area contributed by atoms with E-state index in [1.54, 1.807) is 6.92 Å². The van der Waals surface area contributed by atoms with Gasteiger partial charge in [-0.2, -0.15) is 0 Å². The van der Waals surface area contributed by atoms with Crippen LogP contribution in [0.3, 0.4) is 0 Å². The minimum absolute atomic E-state index is 0.0807. The highest BCUT2D eigenvalue weighted by Gasteiger charge is 2.31. The maximum Gasteiger partial charge on any atom is 0.323 e. The molecule has 0 bridgehead atoms. The molecule has 0 radical (unpaired) electrons. The van der Waals surface area contributed by atoms with Gasteiger partial charge in [0.2, 0.25) is 0 Å². The van der Waals surface area contributed by atoms with Gasteiger partial charge in [0.25, 0.3) is 0 Å². The minimum Gasteiger partial charge on any atom is -0.494 e. The number of nitrogens with two attached hydrogens (primary N) is 1. The number of aliphatic carboxylic acids is 1. The number of carbonyl (C=O) groups is 1. The van der Waals surface area contributed by atoms with E-state index in [1.807, 2.05) is 18.2 Å². The van der Waals surface area contributed by atoms with Crippen LogP contribution >= 0.6 is 0 Å². The van der Waals surface area contributed by atoms with Crippen LogP contribution in [-0.2, 0) is 10.2 Å². The molecular formula is C17H27NO3. The van der Waals surface area contributed by atoms with Crippen LogP contribution in [0.5, 0.6) is 5.75 Å². The molecular weight excluding hydrogens is 266 g/mol. The average molecular weight is 293 g/mol. The summed E-state index contributed by atoms with van der Waals surface area (Å²) in [4.78, 5) is 11.1. The van der Waals surface area contributed by atoms with Gasteiger partial charge in [-0.25, -0.2) is 0 Å². The van der Waals surface area contributed by atoms with E-state index in [4.69, 9.17) is 15.6 Å². The van der Waals surface area contributed by atoms with Crippen LogP contribution in [0.2, 0.25) is 0 Å². The largest absolute Gasteiger partial charge is 0.494 e. The Morgan fingerprint density at radius 2 is 2.00 bits per heavy atom. The lowest BCUT2D eigenvalue weighted by Crippen LogP contribution is -2.47. The minimum atomic E-state index is -1.14. The zero-order valence-electron chi connectivity index (χ0n) is 13.5. The van der Waals surface area contributed by atoms with E-state index in [1.165, 1.54) is 5.56 Å². The summed E-state index contributed by atoms with van der Waals surface area (Å²) in [5.74, 6) is -0.128. The van der Waals surface area contributed by atoms with Gasteiger partial charge in [0.15, 0.2) is 0 Å². The second kappa shape index (κ2) is 6.94. The van der Waals surface area contributed by atoms with Gasteiger partial charge in [0.05, 0.1) is 6.61 Å². The van der Waals surface area contributed by atoms with Crippen LogP contribution in [0.15, 0.2) is 24.3 Å². The molecule has 0 aromatic heterocycles. The Kier molecular flexibility index (Phi) is 5.78. The highest BCUT2D eigenvalue weighted by Crippen LogP contribution is 2.25. The third-order valence-electron chi connectivity index (χ3n) is 3.79. The second-order valence-electron chi connectivity index (χ2n) is 6.54. The normalized spacial score (nSPS) is 14.5. The molecule has 4 nitrogen and oxygen atoms in total. The summed E-state index contributed by atoms with van der Waals surface area (Å²) in [6.45, 7) is 8.73. The molecule has 0 amide bonds. The molecule has 1 atom stereocenters. The van der Waals surface area contributed by atoms with Crippen molar-refractivity contribution in [3.8, 4) is 5.75 Å². The number of carboxylic acids is 1. The summed E-state index contributed by atoms with van der Waals surface area (Å²) in [5.41, 5.74) is 6.00. The predicted molar refractivity (Wildman–Crippen MR) is 84.7 cm³/mol. The van der Waals surface area contributed by atoms with Crippen molar-refractivity contribution in [2.75, 3.05) is 6.61 Å². The molecule has 21 heavy (non-hydrogen) atoms. The molecule has 0 fully saturated rings. The van der Waals surface area contributed by atoms with Gasteiger partial charge >= 0.3 is 5.97 Å². The molecule has 0 aliphatic heterocycles. The zero-order valence-corrected chi connectivity index (χ0v) is 13.5. The van der Waals surface area contributed by atoms with Gasteiger partial charge < -0.3 is 15.6 Å². The summed E-state index contributed by atoms with van der Waals surface area (Å²) >= 11 is 0. The van der Waals surface area contributed by atoms with Gasteiger partial charge in [0.1, 0.15) is 11.3 Å². The number of benzene rings is 1. The summed E-state index contributed by atoms with van der Waals surface area (Å²) < 4.78 is 5.71. The molecule has 0 saturated heterocycles. The first-order valence-electron chi connectivity index (χ1n) is 7.44. The van der Waals surface area contributed by atoms with Crippen molar-refractivity contribution >= 4 is 5.97 Å². The van der Waals surface area contributed by atoms with Crippen LogP contribution in [0, 0.1) is 0 Å². The molecule has 0 aliphatic rings. The standard InChI is InChI=1S/C17H27NO3/c1-5-17(18,15(19)20)10-7-11-21-14-9-6-8-13(12-14)16(2,3)4/h6,8-9,12H,5,7,10-11,18H2,1-4H3,(H,19,20). The fraction of sp³-hybridized carbons (Fsp3) is 0.588. The van der Waals surface area contributed by atoms with Crippen LogP contribution in [0.1, 0.15) is 52.5 Å². The predicted octanol–water partition coefficient (Wildman–Crippen LogP) is 3.34. The average Bonchev–Trinajstić information content (AvgIpc) is 2.42. The molecule has 4 heteroatoms. The zero-order chi connectivity index (χ0) is 16.1. The van der Waals surface area contributed by atoms with Crippen LogP contribution in [0.25, 0.3) is 0 Å². The molecule has 118 valence electrons. The van der Waals surface area contributed by atoms with E-state index in [-0.39, 0.29) is 5.41 Å². The molecule has 0 spiro atoms. The smallest absolute Gasteiger partial charge is 0.323 e. The lowest BCUT2D eigenvalue weighted by atomic mass is 9.87. The first-order valence-corrected chi connectivity index (χ1v) is 7.44. The van der Waals surface area contributed by atoms with E-state index >= 15 is 0 Å². The number of rotatable bonds is 7. The van der Waals surface area contributed by atoms with Crippen molar-refractivity contribution in [3.05, 3.63) is 29.8 Å². The maximum atomic E-state index is 11.1. The van der Waals surface area contributed by atoms with Crippen LogP contribution in [0.4, 0.5) is 0 Å². The number of ether oxygens (including phenoxy) is 1. The SMILES string of the molecule is CCC(N)(CCCOc1cccc(C(C)(C)C)c1)C(=O)O. The van der Waals surface area contributed by atoms with E-state index in [2.05, 4.69) is 26.8 Å². The molecule has 1 unspecified atom stereocenters. The fourth-order valence-corrected chi connectivity index (χ4v) is 2.06. The molecule has 3 N–H and O–H groups in total. The number of hydrogen-bond acceptors (Lipinski definition) is 3. The third kappa shape index (κ3) is 5.05. The Balaban J connectivity index is 2.52. The summed E-state index contributed by atoms with van der Waals surface area (Å²) in [6, 6.07) is 8.01. The molecule has 1 rings (SSSR count). The van der Waals surface area contributed by atoms with Gasteiger partial charge in [-0.1, -0.05) is 39.8 Å². The summed E-state index contributed by atoms with van der Waals surface area (Å²) in [6.07, 6.45) is 1.45. The van der Waals surface area contributed by atoms with Gasteiger partial charge in [-0.05, 0) is 42.4 Å². The highest BCUT2D eigenvalue weighted by molar-refractivity contribution is 5.78. The highest BCUT2D eigenvalue weighted by atomic mass is 16.5. The monoisotopic (exact) mass is 293 g/mol. The Hall–Kier alpha value is -1.55. The van der Waals surface area contributed by atoms with Crippen LogP contribution in [-0.4, -0.2) is 23.2 Å². The van der Waals surface area contributed by atoms with Gasteiger partial charge in [-0.15, -0.1) is 0 Å². The van der Waals surface area contributed by atoms with Gasteiger partial charge in [-0.3, -0.25) is 4.79 Å². The Labute approximate surface area is 127 Å². The van der Waals surface area contributed by atoms with Crippen LogP contribution < -0.4 is 10.5 Å². The summed E-state index contributed by atoms with van der Waals surface area (Å²) in [5, 5.41) is 9.11. The molecule has 0 heterocycles. The molecule has 1 aromatic rings. The fourth-order valence-electron chi connectivity index (χ4n) is 2.06. The van der Waals surface area contributed by atoms with E-state index in [0.29, 0.717) is 25.9 Å². The van der Waals surface area contributed by atoms with E-state index in [9.17, 15) is 4.79 Å². The Morgan fingerprint density at radius 3 is 2.52 bits per heavy atom. The number of hydrogen-bond donors (Lipinski definition) is 2. The maximum absolute atomic E-state index is 11.1. The molecule has 0 saturated carbocycles. The van der Waals surface area contributed by atoms with E-state index in [0.717, 1.165) is 5.75 Å². The van der Waals surface area contributed by atoms with Gasteiger partial charge in [0, 0.05) is 0 Å². The number of carboxylic acid groups (broad SMARTS) is 1. The van der Waals surface area contributed by atoms with Crippen molar-refractivity contribution in [2.45, 2.75) is 57.9 Å². The van der Waals surface area contributed by atoms with Crippen molar-refractivity contribution in [1.82, 2.24) is 0 Å². The Bertz CT molecular complexity index is 479. The van der Waals surface area contributed by atoms with Crippen molar-refractivity contribution in [2.24, 2.45) is 5.73 Å². The molecule has 1 aromatic carbocycles.